The molecule has 2 rings (SSSR count). The summed E-state index contributed by atoms with van der Waals surface area (Å²) in [5.41, 5.74) is 13.9. The van der Waals surface area contributed by atoms with Gasteiger partial charge in [0.2, 0.25) is 0 Å². The standard InChI is InChI=1S/C11H17N3/c1-14-6-5-10(13)11(14)8-3-2-4-9(12)7-8/h2-4,7,10-11H,5-6,12-13H2,1H3. The zero-order valence-electron chi connectivity index (χ0n) is 8.48. The Morgan fingerprint density at radius 1 is 1.43 bits per heavy atom. The van der Waals surface area contributed by atoms with Gasteiger partial charge in [-0.25, -0.2) is 0 Å². The van der Waals surface area contributed by atoms with E-state index in [9.17, 15) is 0 Å². The lowest BCUT2D eigenvalue weighted by molar-refractivity contribution is 0.304. The molecule has 1 aliphatic rings. The summed E-state index contributed by atoms with van der Waals surface area (Å²) in [6.45, 7) is 1.07. The Hall–Kier alpha value is -1.06. The van der Waals surface area contributed by atoms with Gasteiger partial charge >= 0.3 is 0 Å². The van der Waals surface area contributed by atoms with E-state index in [1.165, 1.54) is 5.56 Å². The number of benzene rings is 1. The number of hydrogen-bond acceptors (Lipinski definition) is 3. The van der Waals surface area contributed by atoms with Gasteiger partial charge in [0, 0.05) is 24.3 Å². The third-order valence-corrected chi connectivity index (χ3v) is 2.95. The molecular formula is C11H17N3. The lowest BCUT2D eigenvalue weighted by Gasteiger charge is -2.23. The molecule has 3 heteroatoms. The van der Waals surface area contributed by atoms with Crippen LogP contribution in [0.5, 0.6) is 0 Å². The molecule has 2 unspecified atom stereocenters. The van der Waals surface area contributed by atoms with Gasteiger partial charge < -0.3 is 11.5 Å². The minimum atomic E-state index is 0.238. The largest absolute Gasteiger partial charge is 0.399 e. The molecule has 1 saturated heterocycles. The molecule has 1 aromatic carbocycles. The predicted molar refractivity (Wildman–Crippen MR) is 58.8 cm³/mol. The highest BCUT2D eigenvalue weighted by molar-refractivity contribution is 5.42. The monoisotopic (exact) mass is 191 g/mol. The van der Waals surface area contributed by atoms with Crippen LogP contribution in [0.1, 0.15) is 18.0 Å². The summed E-state index contributed by atoms with van der Waals surface area (Å²) in [5, 5.41) is 0. The number of hydrogen-bond donors (Lipinski definition) is 2. The lowest BCUT2D eigenvalue weighted by atomic mass is 10.0. The Morgan fingerprint density at radius 2 is 2.21 bits per heavy atom. The Kier molecular flexibility index (Phi) is 2.44. The fourth-order valence-electron chi connectivity index (χ4n) is 2.22. The van der Waals surface area contributed by atoms with Crippen LogP contribution in [0, 0.1) is 0 Å². The van der Waals surface area contributed by atoms with E-state index in [-0.39, 0.29) is 6.04 Å². The van der Waals surface area contributed by atoms with Crippen molar-refractivity contribution in [3.8, 4) is 0 Å². The van der Waals surface area contributed by atoms with Gasteiger partial charge in [-0.15, -0.1) is 0 Å². The summed E-state index contributed by atoms with van der Waals surface area (Å²) in [7, 11) is 2.11. The van der Waals surface area contributed by atoms with Crippen molar-refractivity contribution in [2.45, 2.75) is 18.5 Å². The summed E-state index contributed by atoms with van der Waals surface area (Å²) in [6.07, 6.45) is 1.07. The molecule has 1 heterocycles. The van der Waals surface area contributed by atoms with Crippen molar-refractivity contribution in [1.29, 1.82) is 0 Å². The Labute approximate surface area is 84.7 Å². The zero-order valence-corrected chi connectivity index (χ0v) is 8.48. The van der Waals surface area contributed by atoms with Gasteiger partial charge in [-0.2, -0.15) is 0 Å². The molecule has 76 valence electrons. The van der Waals surface area contributed by atoms with Crippen LogP contribution in [-0.4, -0.2) is 24.5 Å². The molecule has 0 spiro atoms. The number of nitrogens with two attached hydrogens (primary N) is 2. The van der Waals surface area contributed by atoms with Crippen molar-refractivity contribution >= 4 is 5.69 Å². The van der Waals surface area contributed by atoms with E-state index in [2.05, 4.69) is 18.0 Å². The summed E-state index contributed by atoms with van der Waals surface area (Å²) >= 11 is 0. The van der Waals surface area contributed by atoms with E-state index in [1.54, 1.807) is 0 Å². The van der Waals surface area contributed by atoms with Gasteiger partial charge in [0.05, 0.1) is 0 Å². The van der Waals surface area contributed by atoms with Crippen LogP contribution in [0.2, 0.25) is 0 Å². The van der Waals surface area contributed by atoms with Gasteiger partial charge in [0.25, 0.3) is 0 Å². The topological polar surface area (TPSA) is 55.3 Å². The lowest BCUT2D eigenvalue weighted by Crippen LogP contribution is -2.29. The van der Waals surface area contributed by atoms with E-state index in [4.69, 9.17) is 11.5 Å². The molecule has 0 amide bonds. The maximum absolute atomic E-state index is 6.07. The van der Waals surface area contributed by atoms with Crippen LogP contribution in [0.15, 0.2) is 24.3 Å². The second-order valence-corrected chi connectivity index (χ2v) is 4.05. The first kappa shape index (κ1) is 9.49. The molecule has 0 radical (unpaired) electrons. The highest BCUT2D eigenvalue weighted by Crippen LogP contribution is 2.30. The molecule has 0 aliphatic carbocycles. The van der Waals surface area contributed by atoms with Crippen LogP contribution in [0.3, 0.4) is 0 Å². The maximum atomic E-state index is 6.07. The molecule has 3 nitrogen and oxygen atoms in total. The van der Waals surface area contributed by atoms with Crippen LogP contribution in [0.4, 0.5) is 5.69 Å². The van der Waals surface area contributed by atoms with E-state index >= 15 is 0 Å². The van der Waals surface area contributed by atoms with E-state index < -0.39 is 0 Å². The van der Waals surface area contributed by atoms with E-state index in [0.717, 1.165) is 18.7 Å². The number of nitrogens with zero attached hydrogens (tertiary/aromatic N) is 1. The van der Waals surface area contributed by atoms with Crippen molar-refractivity contribution < 1.29 is 0 Å². The molecule has 1 fully saturated rings. The SMILES string of the molecule is CN1CCC(N)C1c1cccc(N)c1. The normalized spacial score (nSPS) is 28.1. The molecule has 1 aromatic rings. The smallest absolute Gasteiger partial charge is 0.0497 e. The summed E-state index contributed by atoms with van der Waals surface area (Å²) in [6, 6.07) is 8.59. The first-order valence-electron chi connectivity index (χ1n) is 5.00. The van der Waals surface area contributed by atoms with Gasteiger partial charge in [-0.05, 0) is 31.2 Å². The fourth-order valence-corrected chi connectivity index (χ4v) is 2.22. The molecule has 14 heavy (non-hydrogen) atoms. The van der Waals surface area contributed by atoms with Crippen LogP contribution < -0.4 is 11.5 Å². The number of rotatable bonds is 1. The van der Waals surface area contributed by atoms with Crippen molar-refractivity contribution in [2.75, 3.05) is 19.3 Å². The van der Waals surface area contributed by atoms with Crippen molar-refractivity contribution in [1.82, 2.24) is 4.90 Å². The van der Waals surface area contributed by atoms with Gasteiger partial charge in [-0.1, -0.05) is 12.1 Å². The zero-order chi connectivity index (χ0) is 10.1. The molecular weight excluding hydrogens is 174 g/mol. The summed E-state index contributed by atoms with van der Waals surface area (Å²) in [4.78, 5) is 2.29. The Bertz CT molecular complexity index is 314. The van der Waals surface area contributed by atoms with Gasteiger partial charge in [0.1, 0.15) is 0 Å². The second-order valence-electron chi connectivity index (χ2n) is 4.05. The van der Waals surface area contributed by atoms with E-state index in [1.807, 2.05) is 18.2 Å². The van der Waals surface area contributed by atoms with Crippen LogP contribution >= 0.6 is 0 Å². The van der Waals surface area contributed by atoms with Crippen molar-refractivity contribution in [3.05, 3.63) is 29.8 Å². The molecule has 1 aliphatic heterocycles. The molecule has 0 saturated carbocycles. The average Bonchev–Trinajstić information content (AvgIpc) is 2.46. The third kappa shape index (κ3) is 1.61. The predicted octanol–water partition coefficient (Wildman–Crippen LogP) is 0.973. The van der Waals surface area contributed by atoms with Gasteiger partial charge in [-0.3, -0.25) is 4.90 Å². The summed E-state index contributed by atoms with van der Waals surface area (Å²) in [5.74, 6) is 0. The van der Waals surface area contributed by atoms with E-state index in [0.29, 0.717) is 6.04 Å². The van der Waals surface area contributed by atoms with Crippen LogP contribution in [0.25, 0.3) is 0 Å². The first-order chi connectivity index (χ1) is 6.68. The van der Waals surface area contributed by atoms with Crippen molar-refractivity contribution in [3.63, 3.8) is 0 Å². The third-order valence-electron chi connectivity index (χ3n) is 2.95. The number of anilines is 1. The second kappa shape index (κ2) is 3.59. The van der Waals surface area contributed by atoms with Crippen LogP contribution in [-0.2, 0) is 0 Å². The molecule has 4 N–H and O–H groups in total. The Balaban J connectivity index is 2.29. The summed E-state index contributed by atoms with van der Waals surface area (Å²) < 4.78 is 0. The number of nitrogen functional groups attached to an aromatic ring is 1. The highest BCUT2D eigenvalue weighted by Gasteiger charge is 2.29. The molecule has 2 atom stereocenters. The molecule has 0 bridgehead atoms. The molecule has 0 aromatic heterocycles. The van der Waals surface area contributed by atoms with Crippen molar-refractivity contribution in [2.24, 2.45) is 5.73 Å². The minimum Gasteiger partial charge on any atom is -0.399 e. The average molecular weight is 191 g/mol. The van der Waals surface area contributed by atoms with Gasteiger partial charge in [0.15, 0.2) is 0 Å². The first-order valence-corrected chi connectivity index (χ1v) is 5.00. The number of likely N-dealkylation sites (tertiary alicyclic amines) is 1. The maximum Gasteiger partial charge on any atom is 0.0497 e. The number of likely N-dealkylation sites (N-methyl/N-ethyl adjacent to an activating group) is 1. The minimum absolute atomic E-state index is 0.238. The fraction of sp³-hybridized carbons (Fsp3) is 0.455. The highest BCUT2D eigenvalue weighted by atomic mass is 15.2. The Morgan fingerprint density at radius 3 is 2.79 bits per heavy atom. The quantitative estimate of drug-likeness (QED) is 0.650.